The maximum atomic E-state index is 12.8. The SMILES string of the molecule is O=C(c1ccncc1)N1CCCN(C2CCN(c3ccc4c(c3)CCC4)CC2)CC1. The van der Waals surface area contributed by atoms with Gasteiger partial charge in [0.1, 0.15) is 0 Å². The van der Waals surface area contributed by atoms with E-state index < -0.39 is 0 Å². The smallest absolute Gasteiger partial charge is 0.254 e. The molecular weight excluding hydrogens is 372 g/mol. The van der Waals surface area contributed by atoms with Gasteiger partial charge in [-0.1, -0.05) is 6.07 Å². The normalized spacial score (nSPS) is 20.8. The van der Waals surface area contributed by atoms with Crippen LogP contribution >= 0.6 is 0 Å². The largest absolute Gasteiger partial charge is 0.371 e. The highest BCUT2D eigenvalue weighted by atomic mass is 16.2. The molecule has 5 nitrogen and oxygen atoms in total. The monoisotopic (exact) mass is 404 g/mol. The zero-order chi connectivity index (χ0) is 20.3. The van der Waals surface area contributed by atoms with Gasteiger partial charge >= 0.3 is 0 Å². The van der Waals surface area contributed by atoms with Crippen molar-refractivity contribution in [1.82, 2.24) is 14.8 Å². The molecule has 0 N–H and O–H groups in total. The lowest BCUT2D eigenvalue weighted by atomic mass is 10.0. The molecule has 158 valence electrons. The van der Waals surface area contributed by atoms with Gasteiger partial charge in [-0.05, 0) is 73.9 Å². The van der Waals surface area contributed by atoms with Crippen LogP contribution in [0.15, 0.2) is 42.7 Å². The van der Waals surface area contributed by atoms with Gasteiger partial charge in [0, 0.05) is 69.0 Å². The Bertz CT molecular complexity index is 876. The second kappa shape index (κ2) is 8.76. The average Bonchev–Trinajstić information content (AvgIpc) is 3.14. The Labute approximate surface area is 179 Å². The van der Waals surface area contributed by atoms with E-state index in [4.69, 9.17) is 0 Å². The number of carbonyl (C=O) groups excluding carboxylic acids is 1. The van der Waals surface area contributed by atoms with Gasteiger partial charge < -0.3 is 9.80 Å². The van der Waals surface area contributed by atoms with Crippen LogP contribution < -0.4 is 4.90 Å². The molecule has 2 saturated heterocycles. The lowest BCUT2D eigenvalue weighted by Gasteiger charge is -2.39. The van der Waals surface area contributed by atoms with E-state index in [1.165, 1.54) is 37.8 Å². The van der Waals surface area contributed by atoms with Gasteiger partial charge in [-0.3, -0.25) is 14.7 Å². The second-order valence-corrected chi connectivity index (χ2v) is 8.94. The van der Waals surface area contributed by atoms with Crippen LogP contribution in [0.2, 0.25) is 0 Å². The topological polar surface area (TPSA) is 39.7 Å². The molecule has 2 aromatic rings. The Morgan fingerprint density at radius 1 is 0.833 bits per heavy atom. The van der Waals surface area contributed by atoms with Gasteiger partial charge in [-0.25, -0.2) is 0 Å². The average molecular weight is 405 g/mol. The number of rotatable bonds is 3. The number of anilines is 1. The van der Waals surface area contributed by atoms with Gasteiger partial charge in [-0.15, -0.1) is 0 Å². The quantitative estimate of drug-likeness (QED) is 0.786. The highest BCUT2D eigenvalue weighted by Gasteiger charge is 2.28. The number of amides is 1. The maximum absolute atomic E-state index is 12.8. The van der Waals surface area contributed by atoms with E-state index in [2.05, 4.69) is 33.0 Å². The summed E-state index contributed by atoms with van der Waals surface area (Å²) in [5.41, 5.74) is 5.30. The van der Waals surface area contributed by atoms with Crippen molar-refractivity contribution in [3.63, 3.8) is 0 Å². The van der Waals surface area contributed by atoms with Crippen LogP contribution in [0.5, 0.6) is 0 Å². The number of benzene rings is 1. The van der Waals surface area contributed by atoms with Gasteiger partial charge in [0.15, 0.2) is 0 Å². The van der Waals surface area contributed by atoms with Gasteiger partial charge in [0.05, 0.1) is 0 Å². The summed E-state index contributed by atoms with van der Waals surface area (Å²) in [6.45, 7) is 6.04. The van der Waals surface area contributed by atoms with Crippen molar-refractivity contribution in [3.8, 4) is 0 Å². The minimum atomic E-state index is 0.144. The van der Waals surface area contributed by atoms with Crippen LogP contribution in [0, 0.1) is 0 Å². The first-order valence-corrected chi connectivity index (χ1v) is 11.6. The number of aryl methyl sites for hydroxylation is 2. The minimum absolute atomic E-state index is 0.144. The number of hydrogen-bond acceptors (Lipinski definition) is 4. The van der Waals surface area contributed by atoms with Gasteiger partial charge in [0.25, 0.3) is 5.91 Å². The molecule has 0 bridgehead atoms. The van der Waals surface area contributed by atoms with E-state index in [0.29, 0.717) is 6.04 Å². The Hall–Kier alpha value is -2.40. The van der Waals surface area contributed by atoms with Crippen molar-refractivity contribution >= 4 is 11.6 Å². The summed E-state index contributed by atoms with van der Waals surface area (Å²) in [6, 6.07) is 11.4. The molecule has 5 rings (SSSR count). The van der Waals surface area contributed by atoms with Crippen molar-refractivity contribution in [2.24, 2.45) is 0 Å². The molecule has 30 heavy (non-hydrogen) atoms. The molecule has 3 aliphatic rings. The van der Waals surface area contributed by atoms with Crippen LogP contribution in [0.3, 0.4) is 0 Å². The van der Waals surface area contributed by atoms with E-state index >= 15 is 0 Å². The molecule has 5 heteroatoms. The predicted molar refractivity (Wildman–Crippen MR) is 120 cm³/mol. The standard InChI is InChI=1S/C25H32N4O/c30-25(21-7-11-26-12-8-21)29-14-2-13-27(17-18-29)23-9-15-28(16-10-23)24-6-5-20-3-1-4-22(20)19-24/h5-8,11-12,19,23H,1-4,9-10,13-18H2. The lowest BCUT2D eigenvalue weighted by Crippen LogP contribution is -2.46. The summed E-state index contributed by atoms with van der Waals surface area (Å²) in [7, 11) is 0. The van der Waals surface area contributed by atoms with Crippen molar-refractivity contribution in [2.75, 3.05) is 44.2 Å². The molecule has 0 atom stereocenters. The van der Waals surface area contributed by atoms with E-state index in [1.807, 2.05) is 17.0 Å². The number of fused-ring (bicyclic) bond motifs is 1. The molecule has 0 radical (unpaired) electrons. The lowest BCUT2D eigenvalue weighted by molar-refractivity contribution is 0.0756. The Kier molecular flexibility index (Phi) is 5.71. The molecule has 2 fully saturated rings. The summed E-state index contributed by atoms with van der Waals surface area (Å²) < 4.78 is 0. The maximum Gasteiger partial charge on any atom is 0.254 e. The fourth-order valence-corrected chi connectivity index (χ4v) is 5.43. The summed E-state index contributed by atoms with van der Waals surface area (Å²) in [5, 5.41) is 0. The van der Waals surface area contributed by atoms with E-state index in [1.54, 1.807) is 23.5 Å². The third-order valence-electron chi connectivity index (χ3n) is 7.17. The van der Waals surface area contributed by atoms with Crippen LogP contribution in [0.4, 0.5) is 5.69 Å². The first-order chi connectivity index (χ1) is 14.8. The molecule has 1 aliphatic carbocycles. The third-order valence-corrected chi connectivity index (χ3v) is 7.17. The van der Waals surface area contributed by atoms with E-state index in [9.17, 15) is 4.79 Å². The van der Waals surface area contributed by atoms with Crippen LogP contribution in [-0.4, -0.2) is 66.0 Å². The molecule has 3 heterocycles. The van der Waals surface area contributed by atoms with Crippen LogP contribution in [0.25, 0.3) is 0 Å². The summed E-state index contributed by atoms with van der Waals surface area (Å²) in [5.74, 6) is 0.144. The predicted octanol–water partition coefficient (Wildman–Crippen LogP) is 3.39. The molecule has 1 amide bonds. The number of pyridine rings is 1. The highest BCUT2D eigenvalue weighted by molar-refractivity contribution is 5.94. The number of carbonyl (C=O) groups is 1. The molecule has 0 saturated carbocycles. The minimum Gasteiger partial charge on any atom is -0.371 e. The first-order valence-electron chi connectivity index (χ1n) is 11.6. The van der Waals surface area contributed by atoms with Crippen molar-refractivity contribution in [1.29, 1.82) is 0 Å². The second-order valence-electron chi connectivity index (χ2n) is 8.94. The molecule has 0 unspecified atom stereocenters. The first kappa shape index (κ1) is 19.6. The van der Waals surface area contributed by atoms with Crippen molar-refractivity contribution < 1.29 is 4.79 Å². The van der Waals surface area contributed by atoms with Crippen LogP contribution in [0.1, 0.15) is 47.2 Å². The van der Waals surface area contributed by atoms with E-state index in [-0.39, 0.29) is 5.91 Å². The Balaban J connectivity index is 1.15. The third kappa shape index (κ3) is 4.08. The fraction of sp³-hybridized carbons (Fsp3) is 0.520. The molecular formula is C25H32N4O. The summed E-state index contributed by atoms with van der Waals surface area (Å²) >= 11 is 0. The number of piperidine rings is 1. The Morgan fingerprint density at radius 3 is 2.47 bits per heavy atom. The van der Waals surface area contributed by atoms with Crippen LogP contribution in [-0.2, 0) is 12.8 Å². The molecule has 1 aromatic carbocycles. The van der Waals surface area contributed by atoms with Crippen molar-refractivity contribution in [2.45, 2.75) is 44.6 Å². The van der Waals surface area contributed by atoms with Crippen molar-refractivity contribution in [3.05, 3.63) is 59.4 Å². The number of nitrogens with zero attached hydrogens (tertiary/aromatic N) is 4. The van der Waals surface area contributed by atoms with E-state index in [0.717, 1.165) is 51.3 Å². The summed E-state index contributed by atoms with van der Waals surface area (Å²) in [4.78, 5) is 24.1. The highest BCUT2D eigenvalue weighted by Crippen LogP contribution is 2.29. The molecule has 2 aliphatic heterocycles. The summed E-state index contributed by atoms with van der Waals surface area (Å²) in [6.07, 6.45) is 10.7. The van der Waals surface area contributed by atoms with Gasteiger partial charge in [-0.2, -0.15) is 0 Å². The Morgan fingerprint density at radius 2 is 1.63 bits per heavy atom. The molecule has 0 spiro atoms. The number of hydrogen-bond donors (Lipinski definition) is 0. The molecule has 1 aromatic heterocycles. The van der Waals surface area contributed by atoms with Gasteiger partial charge in [0.2, 0.25) is 0 Å². The fourth-order valence-electron chi connectivity index (χ4n) is 5.43. The zero-order valence-electron chi connectivity index (χ0n) is 17.8. The number of aromatic nitrogens is 1. The zero-order valence-corrected chi connectivity index (χ0v) is 17.8.